The number of nitrogens with zero attached hydrogens (tertiary/aromatic N) is 2. The van der Waals surface area contributed by atoms with Gasteiger partial charge in [0.05, 0.1) is 5.39 Å². The predicted molar refractivity (Wildman–Crippen MR) is 110 cm³/mol. The second-order valence-electron chi connectivity index (χ2n) is 6.67. The van der Waals surface area contributed by atoms with Crippen LogP contribution in [0.15, 0.2) is 24.3 Å². The monoisotopic (exact) mass is 398 g/mol. The number of carbonyl (C=O) groups is 2. The molecule has 1 aromatic carbocycles. The lowest BCUT2D eigenvalue weighted by molar-refractivity contribution is -0.138. The molecule has 0 fully saturated rings. The maximum Gasteiger partial charge on any atom is 0.325 e. The van der Waals surface area contributed by atoms with Crippen molar-refractivity contribution in [1.29, 1.82) is 0 Å². The molecule has 1 amide bonds. The lowest BCUT2D eigenvalue weighted by Crippen LogP contribution is -2.38. The summed E-state index contributed by atoms with van der Waals surface area (Å²) in [5.74, 6) is 0.0452. The quantitative estimate of drug-likeness (QED) is 0.588. The standard InChI is InChI=1S/C20H22N4O3S/c1-10-12(3)28-19-16(10)17(23-13(4)24-19)21-9-14-5-7-15(8-6-14)18(25)22-11(2)20(26)27/h5-8,11H,9H2,1-4H3,(H,22,25)(H,26,27)(H,21,23,24). The van der Waals surface area contributed by atoms with Crippen molar-refractivity contribution in [3.8, 4) is 0 Å². The van der Waals surface area contributed by atoms with Crippen molar-refractivity contribution in [2.75, 3.05) is 5.32 Å². The zero-order chi connectivity index (χ0) is 20.4. The first kappa shape index (κ1) is 19.8. The largest absolute Gasteiger partial charge is 0.480 e. The average molecular weight is 398 g/mol. The third-order valence-electron chi connectivity index (χ3n) is 4.53. The molecule has 8 heteroatoms. The van der Waals surface area contributed by atoms with E-state index in [0.717, 1.165) is 27.4 Å². The molecule has 3 rings (SSSR count). The van der Waals surface area contributed by atoms with Crippen LogP contribution in [-0.4, -0.2) is 33.0 Å². The van der Waals surface area contributed by atoms with Gasteiger partial charge >= 0.3 is 5.97 Å². The minimum Gasteiger partial charge on any atom is -0.480 e. The van der Waals surface area contributed by atoms with E-state index in [2.05, 4.69) is 34.4 Å². The van der Waals surface area contributed by atoms with E-state index in [1.807, 2.05) is 19.1 Å². The number of benzene rings is 1. The van der Waals surface area contributed by atoms with Crippen LogP contribution in [0.5, 0.6) is 0 Å². The molecular weight excluding hydrogens is 376 g/mol. The number of carboxylic acids is 1. The molecule has 0 saturated heterocycles. The molecule has 3 aromatic rings. The zero-order valence-corrected chi connectivity index (χ0v) is 17.0. The molecule has 0 bridgehead atoms. The van der Waals surface area contributed by atoms with E-state index in [1.165, 1.54) is 17.4 Å². The lowest BCUT2D eigenvalue weighted by Gasteiger charge is -2.11. The Morgan fingerprint density at radius 2 is 1.82 bits per heavy atom. The summed E-state index contributed by atoms with van der Waals surface area (Å²) in [5, 5.41) is 15.7. The Labute approximate surface area is 166 Å². The number of amides is 1. The summed E-state index contributed by atoms with van der Waals surface area (Å²) in [7, 11) is 0. The highest BCUT2D eigenvalue weighted by Gasteiger charge is 2.16. The van der Waals surface area contributed by atoms with Gasteiger partial charge in [0.2, 0.25) is 0 Å². The highest BCUT2D eigenvalue weighted by Crippen LogP contribution is 2.33. The van der Waals surface area contributed by atoms with Crippen molar-refractivity contribution in [2.24, 2.45) is 0 Å². The molecule has 1 atom stereocenters. The van der Waals surface area contributed by atoms with Gasteiger partial charge in [0, 0.05) is 17.0 Å². The van der Waals surface area contributed by atoms with E-state index < -0.39 is 17.9 Å². The van der Waals surface area contributed by atoms with Gasteiger partial charge in [-0.2, -0.15) is 0 Å². The second-order valence-corrected chi connectivity index (χ2v) is 7.87. The number of nitrogens with one attached hydrogen (secondary N) is 2. The van der Waals surface area contributed by atoms with Crippen LogP contribution in [0.1, 0.15) is 39.1 Å². The first-order valence-electron chi connectivity index (χ1n) is 8.87. The number of rotatable bonds is 6. The molecule has 2 heterocycles. The van der Waals surface area contributed by atoms with Gasteiger partial charge in [0.15, 0.2) is 0 Å². The van der Waals surface area contributed by atoms with Crippen LogP contribution < -0.4 is 10.6 Å². The molecule has 0 saturated carbocycles. The van der Waals surface area contributed by atoms with Gasteiger partial charge in [0.1, 0.15) is 22.5 Å². The van der Waals surface area contributed by atoms with E-state index in [-0.39, 0.29) is 0 Å². The number of aliphatic carboxylic acids is 1. The molecule has 1 unspecified atom stereocenters. The first-order valence-corrected chi connectivity index (χ1v) is 9.68. The molecular formula is C20H22N4O3S. The molecule has 7 nitrogen and oxygen atoms in total. The topological polar surface area (TPSA) is 104 Å². The molecule has 146 valence electrons. The van der Waals surface area contributed by atoms with E-state index in [1.54, 1.807) is 23.5 Å². The van der Waals surface area contributed by atoms with E-state index >= 15 is 0 Å². The minimum absolute atomic E-state index is 0.410. The van der Waals surface area contributed by atoms with E-state index in [0.29, 0.717) is 12.1 Å². The van der Waals surface area contributed by atoms with Crippen LogP contribution in [0.3, 0.4) is 0 Å². The number of aryl methyl sites for hydroxylation is 3. The number of aromatic nitrogens is 2. The van der Waals surface area contributed by atoms with Gasteiger partial charge in [-0.3, -0.25) is 9.59 Å². The van der Waals surface area contributed by atoms with Crippen molar-refractivity contribution in [2.45, 2.75) is 40.3 Å². The number of fused-ring (bicyclic) bond motifs is 1. The fourth-order valence-electron chi connectivity index (χ4n) is 2.79. The smallest absolute Gasteiger partial charge is 0.325 e. The van der Waals surface area contributed by atoms with Gasteiger partial charge in [-0.05, 0) is 51.0 Å². The van der Waals surface area contributed by atoms with Crippen molar-refractivity contribution in [3.63, 3.8) is 0 Å². The van der Waals surface area contributed by atoms with Crippen molar-refractivity contribution in [3.05, 3.63) is 51.7 Å². The Bertz CT molecular complexity index is 1040. The molecule has 0 spiro atoms. The van der Waals surface area contributed by atoms with Crippen LogP contribution in [0.25, 0.3) is 10.2 Å². The van der Waals surface area contributed by atoms with E-state index in [4.69, 9.17) is 5.11 Å². The highest BCUT2D eigenvalue weighted by molar-refractivity contribution is 7.18. The van der Waals surface area contributed by atoms with E-state index in [9.17, 15) is 9.59 Å². The number of anilines is 1. The number of carboxylic acid groups (broad SMARTS) is 1. The molecule has 2 aromatic heterocycles. The van der Waals surface area contributed by atoms with Crippen LogP contribution >= 0.6 is 11.3 Å². The third-order valence-corrected chi connectivity index (χ3v) is 5.64. The summed E-state index contributed by atoms with van der Waals surface area (Å²) in [6.45, 7) is 8.00. The summed E-state index contributed by atoms with van der Waals surface area (Å²) in [4.78, 5) is 34.2. The second kappa shape index (κ2) is 7.93. The third kappa shape index (κ3) is 4.12. The molecule has 28 heavy (non-hydrogen) atoms. The number of hydrogen-bond acceptors (Lipinski definition) is 6. The van der Waals surface area contributed by atoms with Crippen LogP contribution in [0, 0.1) is 20.8 Å². The van der Waals surface area contributed by atoms with Crippen LogP contribution in [-0.2, 0) is 11.3 Å². The van der Waals surface area contributed by atoms with Crippen molar-refractivity contribution < 1.29 is 14.7 Å². The van der Waals surface area contributed by atoms with Crippen LogP contribution in [0.4, 0.5) is 5.82 Å². The molecule has 0 aliphatic heterocycles. The number of thiophene rings is 1. The van der Waals surface area contributed by atoms with Gasteiger partial charge in [-0.15, -0.1) is 11.3 Å². The molecule has 0 aliphatic carbocycles. The van der Waals surface area contributed by atoms with Gasteiger partial charge in [-0.25, -0.2) is 9.97 Å². The lowest BCUT2D eigenvalue weighted by atomic mass is 10.1. The van der Waals surface area contributed by atoms with Gasteiger partial charge < -0.3 is 15.7 Å². The summed E-state index contributed by atoms with van der Waals surface area (Å²) in [5.41, 5.74) is 2.58. The van der Waals surface area contributed by atoms with Crippen LogP contribution in [0.2, 0.25) is 0 Å². The minimum atomic E-state index is -1.07. The van der Waals surface area contributed by atoms with Crippen molar-refractivity contribution >= 4 is 39.2 Å². The maximum atomic E-state index is 12.1. The Morgan fingerprint density at radius 3 is 2.46 bits per heavy atom. The van der Waals surface area contributed by atoms with Crippen molar-refractivity contribution in [1.82, 2.24) is 15.3 Å². The summed E-state index contributed by atoms with van der Waals surface area (Å²) in [6.07, 6.45) is 0. The summed E-state index contributed by atoms with van der Waals surface area (Å²) in [6, 6.07) is 6.10. The molecule has 0 radical (unpaired) electrons. The average Bonchev–Trinajstić information content (AvgIpc) is 2.93. The summed E-state index contributed by atoms with van der Waals surface area (Å²) >= 11 is 1.66. The number of carbonyl (C=O) groups excluding carboxylic acids is 1. The molecule has 3 N–H and O–H groups in total. The number of hydrogen-bond donors (Lipinski definition) is 3. The Kier molecular flexibility index (Phi) is 5.60. The predicted octanol–water partition coefficient (Wildman–Crippen LogP) is 3.43. The normalized spacial score (nSPS) is 12.0. The Morgan fingerprint density at radius 1 is 1.14 bits per heavy atom. The Hall–Kier alpha value is -3.00. The zero-order valence-electron chi connectivity index (χ0n) is 16.2. The SMILES string of the molecule is Cc1nc(NCc2ccc(C(=O)NC(C)C(=O)O)cc2)c2c(C)c(C)sc2n1. The first-order chi connectivity index (χ1) is 13.3. The Balaban J connectivity index is 1.73. The molecule has 0 aliphatic rings. The summed E-state index contributed by atoms with van der Waals surface area (Å²) < 4.78 is 0. The highest BCUT2D eigenvalue weighted by atomic mass is 32.1. The fourth-order valence-corrected chi connectivity index (χ4v) is 3.86. The fraction of sp³-hybridized carbons (Fsp3) is 0.300. The van der Waals surface area contributed by atoms with Gasteiger partial charge in [-0.1, -0.05) is 12.1 Å². The van der Waals surface area contributed by atoms with Gasteiger partial charge in [0.25, 0.3) is 5.91 Å². The maximum absolute atomic E-state index is 12.1.